The lowest BCUT2D eigenvalue weighted by Gasteiger charge is -2.23. The third kappa shape index (κ3) is 20.1. The van der Waals surface area contributed by atoms with Crippen LogP contribution in [0.25, 0.3) is 0 Å². The Labute approximate surface area is 719 Å². The quantitative estimate of drug-likeness (QED) is 0.0197. The van der Waals surface area contributed by atoms with Crippen LogP contribution in [-0.2, 0) is 9.13 Å². The van der Waals surface area contributed by atoms with Crippen LogP contribution in [-0.4, -0.2) is 80.1 Å². The molecule has 0 aliphatic heterocycles. The van der Waals surface area contributed by atoms with Gasteiger partial charge in [0.15, 0.2) is 14.3 Å². The summed E-state index contributed by atoms with van der Waals surface area (Å²) in [5.74, 6) is -4.89. The van der Waals surface area contributed by atoms with Gasteiger partial charge in [0, 0.05) is 86.4 Å². The Morgan fingerprint density at radius 1 is 0.238 bits per heavy atom. The molecule has 15 aromatic rings. The van der Waals surface area contributed by atoms with Crippen molar-refractivity contribution >= 4 is 116 Å². The topological polar surface area (TPSA) is 375 Å². The molecular weight excluding hydrogens is 1640 g/mol. The first-order chi connectivity index (χ1) is 61.0. The molecule has 0 unspecified atom stereocenters. The molecule has 25 nitrogen and oxygen atoms in total. The van der Waals surface area contributed by atoms with E-state index in [0.717, 1.165) is 12.1 Å². The molecule has 624 valence electrons. The van der Waals surface area contributed by atoms with Crippen molar-refractivity contribution in [3.63, 3.8) is 0 Å². The van der Waals surface area contributed by atoms with Crippen molar-refractivity contribution in [2.45, 2.75) is 0 Å². The van der Waals surface area contributed by atoms with Gasteiger partial charge in [0.1, 0.15) is 69.0 Å². The smallest absolute Gasteiger partial charge is 0.336 e. The zero-order valence-electron chi connectivity index (χ0n) is 66.3. The number of nitrogens with one attached hydrogen (secondary N) is 4. The maximum Gasteiger partial charge on any atom is 0.336 e. The number of phenols is 1. The molecule has 0 bridgehead atoms. The molecule has 9 N–H and O–H groups in total. The first kappa shape index (κ1) is 85.5. The molecule has 15 aromatic carbocycles. The summed E-state index contributed by atoms with van der Waals surface area (Å²) in [5.41, 5.74) is 0.0905. The number of ether oxygens (including phenoxy) is 6. The summed E-state index contributed by atoms with van der Waals surface area (Å²) >= 11 is 0. The lowest BCUT2D eigenvalue weighted by Crippen LogP contribution is -2.26. The number of anilines is 4. The van der Waals surface area contributed by atoms with Crippen LogP contribution < -0.4 is 81.5 Å². The zero-order chi connectivity index (χ0) is 88.4. The summed E-state index contributed by atoms with van der Waals surface area (Å²) in [7, 11) is -5.83. The largest absolute Gasteiger partial charge is 0.508 e. The van der Waals surface area contributed by atoms with E-state index < -0.39 is 61.8 Å². The second-order valence-corrected chi connectivity index (χ2v) is 33.2. The molecule has 27 heteroatoms. The molecule has 0 aromatic heterocycles. The van der Waals surface area contributed by atoms with Crippen molar-refractivity contribution in [1.29, 1.82) is 0 Å². The number of carbonyl (C=O) groups is 8. The molecule has 4 amide bonds. The maximum atomic E-state index is 15.7. The fourth-order valence-corrected chi connectivity index (χ4v) is 19.0. The second-order valence-electron chi connectivity index (χ2n) is 27.7. The van der Waals surface area contributed by atoms with E-state index in [9.17, 15) is 63.9 Å². The SMILES string of the molecule is COc1ccc(C(=O)O)c(C(=O)Nc2cccc(Oc3cc(Oc4cccc(NC(=O)c5ccccc5C(=O)O)c4)ccc3P(=O)(c3ccccc3)c3ccccc3)c2)c1.O=C(O)c1ccccc1C(=O)Nc1cccc(Oc2cc(Oc3cccc(Oc4cccc(NC(=O)c5cc(O)ccc5C(=O)O)c4)c3)ccc2P(=O)(c2ccccc2)c2ccccc2)c1. The van der Waals surface area contributed by atoms with Crippen molar-refractivity contribution in [1.82, 2.24) is 0 Å². The van der Waals surface area contributed by atoms with Crippen LogP contribution in [0, 0.1) is 0 Å². The fourth-order valence-electron chi connectivity index (χ4n) is 13.5. The number of benzene rings is 15. The van der Waals surface area contributed by atoms with E-state index in [0.29, 0.717) is 83.4 Å². The van der Waals surface area contributed by atoms with Crippen molar-refractivity contribution in [3.05, 3.63) is 408 Å². The summed E-state index contributed by atoms with van der Waals surface area (Å²) in [5, 5.41) is 62.2. The Morgan fingerprint density at radius 2 is 0.500 bits per heavy atom. The molecule has 0 saturated carbocycles. The lowest BCUT2D eigenvalue weighted by atomic mass is 10.1. The summed E-state index contributed by atoms with van der Waals surface area (Å²) in [4.78, 5) is 100. The molecule has 0 saturated heterocycles. The Hall–Kier alpha value is -16.9. The van der Waals surface area contributed by atoms with Gasteiger partial charge in [0.05, 0.1) is 62.2 Å². The van der Waals surface area contributed by atoms with Gasteiger partial charge in [0.25, 0.3) is 23.6 Å². The van der Waals surface area contributed by atoms with Gasteiger partial charge >= 0.3 is 23.9 Å². The predicted molar refractivity (Wildman–Crippen MR) is 478 cm³/mol. The molecule has 0 heterocycles. The van der Waals surface area contributed by atoms with Gasteiger partial charge in [-0.05, 0) is 146 Å². The van der Waals surface area contributed by atoms with E-state index in [4.69, 9.17) is 28.4 Å². The highest BCUT2D eigenvalue weighted by atomic mass is 31.2. The number of carbonyl (C=O) groups excluding carboxylic acids is 4. The van der Waals surface area contributed by atoms with Crippen LogP contribution in [0.5, 0.6) is 69.0 Å². The lowest BCUT2D eigenvalue weighted by molar-refractivity contribution is 0.0683. The van der Waals surface area contributed by atoms with E-state index in [2.05, 4.69) is 21.3 Å². The molecule has 15 rings (SSSR count). The summed E-state index contributed by atoms with van der Waals surface area (Å²) < 4.78 is 68.4. The van der Waals surface area contributed by atoms with Gasteiger partial charge in [-0.2, -0.15) is 0 Å². The van der Waals surface area contributed by atoms with E-state index in [1.54, 1.807) is 243 Å². The Bertz CT molecular complexity index is 6690. The third-order valence-corrected chi connectivity index (χ3v) is 25.5. The average Bonchev–Trinajstić information content (AvgIpc) is 0.754. The Morgan fingerprint density at radius 3 is 0.833 bits per heavy atom. The fraction of sp³-hybridized carbons (Fsp3) is 0.0101. The number of carboxylic acids is 4. The molecule has 0 atom stereocenters. The zero-order valence-corrected chi connectivity index (χ0v) is 68.1. The number of amides is 4. The molecule has 126 heavy (non-hydrogen) atoms. The number of methoxy groups -OCH3 is 1. The summed E-state index contributed by atoms with van der Waals surface area (Å²) in [6.45, 7) is 0. The van der Waals surface area contributed by atoms with E-state index in [-0.39, 0.29) is 84.7 Å². The number of rotatable bonds is 29. The van der Waals surface area contributed by atoms with Crippen LogP contribution in [0.3, 0.4) is 0 Å². The number of aromatic carboxylic acids is 4. The maximum absolute atomic E-state index is 15.7. The summed E-state index contributed by atoms with van der Waals surface area (Å²) in [6.07, 6.45) is 0. The van der Waals surface area contributed by atoms with E-state index in [1.165, 1.54) is 67.8 Å². The van der Waals surface area contributed by atoms with E-state index in [1.807, 2.05) is 48.5 Å². The Kier molecular flexibility index (Phi) is 26.3. The monoisotopic (exact) mass is 1710 g/mol. The standard InChI is InChI=1S/C52H37N2O11P.C47H35N2O10P/c55-35-24-26-45(52(60)61)46(30-35)50(57)54-33-12-9-14-36(28-33)63-38-16-11-17-39(31-38)64-40-25-27-48(66(62,41-18-3-1-4-19-41)42-20-5-2-6-21-42)47(32-40)65-37-15-10-13-34(29-37)53-49(56)43-22-7-8-23-44(43)51(58)59;1-57-32-22-24-40(47(54)55)41(28-32)45(51)49-31-13-11-15-34(27-31)59-42-29-35(23-25-43(42)60(56,36-16-4-2-5-17-36)37-18-6-3-7-19-37)58-33-14-10-12-30(26-33)48-44(50)38-20-8-9-21-39(38)46(52)53/h1-32,55H,(H,53,56)(H,54,57)(H,58,59)(H,60,61);2-29H,1H3,(H,48,50)(H,49,51)(H,52,53)(H,54,55). The molecule has 0 radical (unpaired) electrons. The first-order valence-corrected chi connectivity index (χ1v) is 41.9. The van der Waals surface area contributed by atoms with Crippen molar-refractivity contribution in [2.75, 3.05) is 28.4 Å². The summed E-state index contributed by atoms with van der Waals surface area (Å²) in [6, 6.07) is 97.9. The normalized spacial score (nSPS) is 10.9. The molecular formula is C99H72N4O21P2. The number of phenolic OH excluding ortho intramolecular Hbond substituents is 1. The van der Waals surface area contributed by atoms with Gasteiger partial charge in [-0.25, -0.2) is 19.2 Å². The van der Waals surface area contributed by atoms with Gasteiger partial charge in [-0.1, -0.05) is 176 Å². The second kappa shape index (κ2) is 38.7. The van der Waals surface area contributed by atoms with Crippen molar-refractivity contribution < 1.29 is 101 Å². The molecule has 0 spiro atoms. The number of hydrogen-bond acceptors (Lipinski definition) is 17. The molecule has 0 fully saturated rings. The van der Waals surface area contributed by atoms with Gasteiger partial charge in [-0.3, -0.25) is 19.2 Å². The van der Waals surface area contributed by atoms with Gasteiger partial charge in [0.2, 0.25) is 0 Å². The molecule has 0 aliphatic rings. The Balaban J connectivity index is 0.000000205. The number of carboxylic acid groups (broad SMARTS) is 4. The minimum absolute atomic E-state index is 0.0103. The highest BCUT2D eigenvalue weighted by Gasteiger charge is 2.36. The van der Waals surface area contributed by atoms with Crippen molar-refractivity contribution in [2.24, 2.45) is 0 Å². The molecule has 0 aliphatic carbocycles. The van der Waals surface area contributed by atoms with Gasteiger partial charge in [-0.15, -0.1) is 0 Å². The highest BCUT2D eigenvalue weighted by Crippen LogP contribution is 2.49. The minimum atomic E-state index is -3.62. The van der Waals surface area contributed by atoms with E-state index >= 15 is 9.13 Å². The average molecular weight is 1720 g/mol. The number of hydrogen-bond donors (Lipinski definition) is 9. The van der Waals surface area contributed by atoms with Crippen LogP contribution in [0.15, 0.2) is 364 Å². The van der Waals surface area contributed by atoms with Crippen LogP contribution in [0.1, 0.15) is 82.9 Å². The van der Waals surface area contributed by atoms with Gasteiger partial charge < -0.3 is 84.4 Å². The minimum Gasteiger partial charge on any atom is -0.508 e. The highest BCUT2D eigenvalue weighted by molar-refractivity contribution is 7.86. The first-order valence-electron chi connectivity index (χ1n) is 38.5. The van der Waals surface area contributed by atoms with Crippen LogP contribution >= 0.6 is 14.3 Å². The van der Waals surface area contributed by atoms with Crippen LogP contribution in [0.2, 0.25) is 0 Å². The third-order valence-electron chi connectivity index (χ3n) is 19.3. The predicted octanol–water partition coefficient (Wildman–Crippen LogP) is 19.1. The number of aromatic hydroxyl groups is 1. The van der Waals surface area contributed by atoms with Crippen molar-refractivity contribution in [3.8, 4) is 69.0 Å². The van der Waals surface area contributed by atoms with Crippen LogP contribution in [0.4, 0.5) is 22.7 Å².